The second-order valence-corrected chi connectivity index (χ2v) is 4.94. The van der Waals surface area contributed by atoms with Crippen molar-refractivity contribution in [3.8, 4) is 0 Å². The molecule has 1 unspecified atom stereocenters. The summed E-state index contributed by atoms with van der Waals surface area (Å²) in [6.45, 7) is 4.57. The quantitative estimate of drug-likeness (QED) is 0.844. The van der Waals surface area contributed by atoms with Crippen molar-refractivity contribution in [2.75, 3.05) is 20.1 Å². The van der Waals surface area contributed by atoms with Crippen molar-refractivity contribution in [2.24, 2.45) is 13.0 Å². The maximum absolute atomic E-state index is 12.3. The van der Waals surface area contributed by atoms with E-state index in [1.165, 1.54) is 4.90 Å². The van der Waals surface area contributed by atoms with Crippen molar-refractivity contribution >= 4 is 12.0 Å². The summed E-state index contributed by atoms with van der Waals surface area (Å²) in [6.07, 6.45) is 3.56. The van der Waals surface area contributed by atoms with Crippen LogP contribution in [0.1, 0.15) is 19.4 Å². The minimum atomic E-state index is -0.897. The Bertz CT molecular complexity index is 472. The lowest BCUT2D eigenvalue weighted by atomic mass is 10.2. The molecule has 0 aliphatic carbocycles. The van der Waals surface area contributed by atoms with Crippen molar-refractivity contribution < 1.29 is 14.7 Å². The van der Waals surface area contributed by atoms with Gasteiger partial charge in [0.1, 0.15) is 0 Å². The lowest BCUT2D eigenvalue weighted by molar-refractivity contribution is -0.141. The van der Waals surface area contributed by atoms with E-state index in [2.05, 4.69) is 5.10 Å². The Hall–Kier alpha value is -2.05. The fourth-order valence-electron chi connectivity index (χ4n) is 1.89. The normalized spacial score (nSPS) is 12.0. The number of carbonyl (C=O) groups is 2. The van der Waals surface area contributed by atoms with Gasteiger partial charge in [0.25, 0.3) is 0 Å². The maximum Gasteiger partial charge on any atom is 0.320 e. The Morgan fingerprint density at radius 2 is 2.15 bits per heavy atom. The van der Waals surface area contributed by atoms with Crippen LogP contribution in [0.5, 0.6) is 0 Å². The first kappa shape index (κ1) is 16.0. The summed E-state index contributed by atoms with van der Waals surface area (Å²) in [6, 6.07) is -0.176. The van der Waals surface area contributed by atoms with E-state index in [1.54, 1.807) is 29.7 Å². The standard InChI is InChI=1S/C13H22N4O3/c1-5-17(7-10(2)12(18)19)13(20)15(3)8-11-6-14-16(4)9-11/h6,9-10H,5,7-8H2,1-4H3,(H,18,19). The Balaban J connectivity index is 2.63. The predicted molar refractivity (Wildman–Crippen MR) is 74.1 cm³/mol. The molecule has 2 amide bonds. The van der Waals surface area contributed by atoms with Gasteiger partial charge in [0.15, 0.2) is 0 Å². The van der Waals surface area contributed by atoms with Crippen LogP contribution in [0.3, 0.4) is 0 Å². The van der Waals surface area contributed by atoms with Crippen molar-refractivity contribution in [2.45, 2.75) is 20.4 Å². The third-order valence-electron chi connectivity index (χ3n) is 3.07. The lowest BCUT2D eigenvalue weighted by Gasteiger charge is -2.28. The third kappa shape index (κ3) is 4.25. The summed E-state index contributed by atoms with van der Waals surface area (Å²) in [7, 11) is 3.52. The van der Waals surface area contributed by atoms with E-state index in [-0.39, 0.29) is 12.6 Å². The molecule has 0 aliphatic heterocycles. The zero-order valence-corrected chi connectivity index (χ0v) is 12.4. The van der Waals surface area contributed by atoms with E-state index in [1.807, 2.05) is 20.2 Å². The molecule has 1 aromatic heterocycles. The molecule has 0 bridgehead atoms. The summed E-state index contributed by atoms with van der Waals surface area (Å²) < 4.78 is 1.68. The molecular weight excluding hydrogens is 260 g/mol. The Morgan fingerprint density at radius 3 is 2.60 bits per heavy atom. The molecule has 0 saturated heterocycles. The van der Waals surface area contributed by atoms with Gasteiger partial charge in [-0.1, -0.05) is 6.92 Å². The van der Waals surface area contributed by atoms with Crippen LogP contribution < -0.4 is 0 Å². The zero-order valence-electron chi connectivity index (χ0n) is 12.4. The molecule has 0 fully saturated rings. The molecule has 112 valence electrons. The topological polar surface area (TPSA) is 78.7 Å². The molecule has 1 atom stereocenters. The Labute approximate surface area is 118 Å². The summed E-state index contributed by atoms with van der Waals surface area (Å²) in [5, 5.41) is 13.0. The third-order valence-corrected chi connectivity index (χ3v) is 3.07. The number of aryl methyl sites for hydroxylation is 1. The van der Waals surface area contributed by atoms with Gasteiger partial charge >= 0.3 is 12.0 Å². The lowest BCUT2D eigenvalue weighted by Crippen LogP contribution is -2.43. The minimum Gasteiger partial charge on any atom is -0.481 e. The number of aliphatic carboxylic acids is 1. The van der Waals surface area contributed by atoms with Gasteiger partial charge in [0, 0.05) is 38.9 Å². The van der Waals surface area contributed by atoms with Gasteiger partial charge in [-0.15, -0.1) is 0 Å². The number of carbonyl (C=O) groups excluding carboxylic acids is 1. The molecule has 0 saturated carbocycles. The molecule has 0 radical (unpaired) electrons. The van der Waals surface area contributed by atoms with Crippen LogP contribution in [-0.2, 0) is 18.4 Å². The summed E-state index contributed by atoms with van der Waals surface area (Å²) in [5.74, 6) is -1.48. The number of hydrogen-bond donors (Lipinski definition) is 1. The smallest absolute Gasteiger partial charge is 0.320 e. The fourth-order valence-corrected chi connectivity index (χ4v) is 1.89. The Kier molecular flexibility index (Phi) is 5.54. The number of amides is 2. The number of rotatable bonds is 6. The molecule has 1 rings (SSSR count). The molecule has 7 nitrogen and oxygen atoms in total. The number of urea groups is 1. The van der Waals surface area contributed by atoms with Gasteiger partial charge in [0.2, 0.25) is 0 Å². The highest BCUT2D eigenvalue weighted by atomic mass is 16.4. The van der Waals surface area contributed by atoms with Gasteiger partial charge in [-0.3, -0.25) is 9.48 Å². The van der Waals surface area contributed by atoms with Gasteiger partial charge in [-0.2, -0.15) is 5.10 Å². The number of carboxylic acids is 1. The van der Waals surface area contributed by atoms with Crippen LogP contribution in [0.25, 0.3) is 0 Å². The highest BCUT2D eigenvalue weighted by Crippen LogP contribution is 2.07. The van der Waals surface area contributed by atoms with Crippen LogP contribution in [-0.4, -0.2) is 56.8 Å². The SMILES string of the molecule is CCN(CC(C)C(=O)O)C(=O)N(C)Cc1cnn(C)c1. The van der Waals surface area contributed by atoms with E-state index < -0.39 is 11.9 Å². The molecule has 7 heteroatoms. The maximum atomic E-state index is 12.3. The fraction of sp³-hybridized carbons (Fsp3) is 0.615. The second kappa shape index (κ2) is 6.93. The van der Waals surface area contributed by atoms with Crippen LogP contribution in [0.4, 0.5) is 4.79 Å². The van der Waals surface area contributed by atoms with Crippen molar-refractivity contribution in [1.29, 1.82) is 0 Å². The first-order chi connectivity index (χ1) is 9.35. The molecule has 0 aromatic carbocycles. The monoisotopic (exact) mass is 282 g/mol. The minimum absolute atomic E-state index is 0.176. The number of aromatic nitrogens is 2. The predicted octanol–water partition coefficient (Wildman–Crippen LogP) is 1.01. The van der Waals surface area contributed by atoms with Crippen LogP contribution in [0.2, 0.25) is 0 Å². The van der Waals surface area contributed by atoms with Crippen LogP contribution in [0.15, 0.2) is 12.4 Å². The molecule has 1 aromatic rings. The highest BCUT2D eigenvalue weighted by molar-refractivity contribution is 5.75. The summed E-state index contributed by atoms with van der Waals surface area (Å²) in [4.78, 5) is 26.3. The van der Waals surface area contributed by atoms with Gasteiger partial charge in [-0.05, 0) is 6.92 Å². The number of carboxylic acid groups (broad SMARTS) is 1. The first-order valence-corrected chi connectivity index (χ1v) is 6.55. The van der Waals surface area contributed by atoms with Crippen molar-refractivity contribution in [1.82, 2.24) is 19.6 Å². The van der Waals surface area contributed by atoms with Crippen LogP contribution in [0, 0.1) is 5.92 Å². The summed E-state index contributed by atoms with van der Waals surface area (Å²) >= 11 is 0. The molecule has 20 heavy (non-hydrogen) atoms. The van der Waals surface area contributed by atoms with E-state index >= 15 is 0 Å². The molecule has 1 N–H and O–H groups in total. The molecule has 0 spiro atoms. The van der Waals surface area contributed by atoms with E-state index in [9.17, 15) is 9.59 Å². The van der Waals surface area contributed by atoms with E-state index in [0.29, 0.717) is 13.1 Å². The first-order valence-electron chi connectivity index (χ1n) is 6.55. The Morgan fingerprint density at radius 1 is 1.50 bits per heavy atom. The largest absolute Gasteiger partial charge is 0.481 e. The number of nitrogens with zero attached hydrogens (tertiary/aromatic N) is 4. The molecule has 1 heterocycles. The van der Waals surface area contributed by atoms with Crippen LogP contribution >= 0.6 is 0 Å². The van der Waals surface area contributed by atoms with E-state index in [4.69, 9.17) is 5.11 Å². The average molecular weight is 282 g/mol. The zero-order chi connectivity index (χ0) is 15.3. The van der Waals surface area contributed by atoms with Gasteiger partial charge in [-0.25, -0.2) is 4.79 Å². The van der Waals surface area contributed by atoms with Crippen molar-refractivity contribution in [3.63, 3.8) is 0 Å². The van der Waals surface area contributed by atoms with Gasteiger partial charge < -0.3 is 14.9 Å². The number of hydrogen-bond acceptors (Lipinski definition) is 3. The van der Waals surface area contributed by atoms with Crippen molar-refractivity contribution in [3.05, 3.63) is 18.0 Å². The summed E-state index contributed by atoms with van der Waals surface area (Å²) in [5.41, 5.74) is 0.936. The second-order valence-electron chi connectivity index (χ2n) is 4.94. The van der Waals surface area contributed by atoms with E-state index in [0.717, 1.165) is 5.56 Å². The molecular formula is C13H22N4O3. The average Bonchev–Trinajstić information content (AvgIpc) is 2.79. The van der Waals surface area contributed by atoms with Gasteiger partial charge in [0.05, 0.1) is 18.7 Å². The molecule has 0 aliphatic rings. The highest BCUT2D eigenvalue weighted by Gasteiger charge is 2.22.